The summed E-state index contributed by atoms with van der Waals surface area (Å²) in [5, 5.41) is 9.61. The van der Waals surface area contributed by atoms with Crippen molar-refractivity contribution in [2.45, 2.75) is 6.42 Å². The highest BCUT2D eigenvalue weighted by atomic mass is 32.2. The van der Waals surface area contributed by atoms with Crippen LogP contribution in [0.25, 0.3) is 0 Å². The third kappa shape index (κ3) is 2.33. The van der Waals surface area contributed by atoms with Crippen molar-refractivity contribution in [3.05, 3.63) is 40.7 Å². The van der Waals surface area contributed by atoms with E-state index < -0.39 is 11.9 Å². The Balaban J connectivity index is 2.03. The molecule has 0 saturated carbocycles. The zero-order valence-corrected chi connectivity index (χ0v) is 11.8. The highest BCUT2D eigenvalue weighted by Crippen LogP contribution is 2.43. The predicted molar refractivity (Wildman–Crippen MR) is 75.5 cm³/mol. The van der Waals surface area contributed by atoms with Crippen LogP contribution in [0.2, 0.25) is 0 Å². The van der Waals surface area contributed by atoms with E-state index in [4.69, 9.17) is 5.11 Å². The summed E-state index contributed by atoms with van der Waals surface area (Å²) in [6.07, 6.45) is 2.63. The number of amides is 1. The van der Waals surface area contributed by atoms with Gasteiger partial charge in [-0.2, -0.15) is 0 Å². The van der Waals surface area contributed by atoms with E-state index >= 15 is 0 Å². The molecule has 6 nitrogen and oxygen atoms in total. The minimum atomic E-state index is -1.09. The van der Waals surface area contributed by atoms with Gasteiger partial charge < -0.3 is 10.0 Å². The number of carbonyl (C=O) groups is 3. The lowest BCUT2D eigenvalue weighted by molar-refractivity contribution is -0.141. The summed E-state index contributed by atoms with van der Waals surface area (Å²) in [7, 11) is 0. The molecular formula is C14H12N2O4S. The van der Waals surface area contributed by atoms with Crippen LogP contribution < -0.4 is 0 Å². The molecule has 1 aromatic rings. The lowest BCUT2D eigenvalue weighted by atomic mass is 9.92. The maximum atomic E-state index is 12.6. The summed E-state index contributed by atoms with van der Waals surface area (Å²) in [6.45, 7) is 0.527. The summed E-state index contributed by atoms with van der Waals surface area (Å²) < 4.78 is 0. The first-order valence-corrected chi connectivity index (χ1v) is 7.43. The maximum absolute atomic E-state index is 12.6. The van der Waals surface area contributed by atoms with Gasteiger partial charge in [0.15, 0.2) is 5.78 Å². The Bertz CT molecular complexity index is 656. The molecule has 1 amide bonds. The number of rotatable bonds is 4. The van der Waals surface area contributed by atoms with Crippen molar-refractivity contribution in [3.63, 3.8) is 0 Å². The van der Waals surface area contributed by atoms with E-state index in [-0.39, 0.29) is 18.1 Å². The van der Waals surface area contributed by atoms with E-state index in [0.29, 0.717) is 22.7 Å². The SMILES string of the molecule is O=C(O)C[C@@H]1C(=O)N2CCSC2=C1C(=O)c1cccnc1. The molecule has 0 spiro atoms. The normalized spacial score (nSPS) is 20.9. The number of pyridine rings is 1. The smallest absolute Gasteiger partial charge is 0.304 e. The fourth-order valence-corrected chi connectivity index (χ4v) is 3.77. The van der Waals surface area contributed by atoms with Gasteiger partial charge in [-0.1, -0.05) is 0 Å². The minimum absolute atomic E-state index is 0.287. The molecular weight excluding hydrogens is 292 g/mol. The number of thioether (sulfide) groups is 1. The van der Waals surface area contributed by atoms with Crippen molar-refractivity contribution in [2.24, 2.45) is 5.92 Å². The Morgan fingerprint density at radius 1 is 1.48 bits per heavy atom. The molecule has 1 atom stereocenters. The Morgan fingerprint density at radius 2 is 2.29 bits per heavy atom. The van der Waals surface area contributed by atoms with E-state index in [0.717, 1.165) is 5.75 Å². The monoisotopic (exact) mass is 304 g/mol. The van der Waals surface area contributed by atoms with Gasteiger partial charge in [0.05, 0.1) is 17.4 Å². The second-order valence-electron chi connectivity index (χ2n) is 4.78. The molecule has 1 aromatic heterocycles. The van der Waals surface area contributed by atoms with Gasteiger partial charge in [-0.25, -0.2) is 0 Å². The highest BCUT2D eigenvalue weighted by Gasteiger charge is 2.45. The fourth-order valence-electron chi connectivity index (χ4n) is 2.58. The first-order valence-electron chi connectivity index (χ1n) is 6.44. The van der Waals surface area contributed by atoms with Gasteiger partial charge in [0.25, 0.3) is 0 Å². The molecule has 0 aliphatic carbocycles. The highest BCUT2D eigenvalue weighted by molar-refractivity contribution is 8.03. The number of nitrogens with zero attached hydrogens (tertiary/aromatic N) is 2. The van der Waals surface area contributed by atoms with Gasteiger partial charge >= 0.3 is 5.97 Å². The average Bonchev–Trinajstić information content (AvgIpc) is 3.03. The van der Waals surface area contributed by atoms with Crippen LogP contribution in [0.5, 0.6) is 0 Å². The van der Waals surface area contributed by atoms with E-state index in [2.05, 4.69) is 4.98 Å². The number of Topliss-reactive ketones (excluding diaryl/α,β-unsaturated/α-hetero) is 1. The van der Waals surface area contributed by atoms with Crippen molar-refractivity contribution < 1.29 is 19.5 Å². The van der Waals surface area contributed by atoms with Crippen LogP contribution >= 0.6 is 11.8 Å². The summed E-state index contributed by atoms with van der Waals surface area (Å²) in [6, 6.07) is 3.26. The summed E-state index contributed by atoms with van der Waals surface area (Å²) in [5.74, 6) is -1.85. The van der Waals surface area contributed by atoms with E-state index in [9.17, 15) is 14.4 Å². The Kier molecular flexibility index (Phi) is 3.50. The number of aliphatic carboxylic acids is 1. The first kappa shape index (κ1) is 13.8. The van der Waals surface area contributed by atoms with Gasteiger partial charge in [-0.15, -0.1) is 11.8 Å². The van der Waals surface area contributed by atoms with Crippen molar-refractivity contribution in [3.8, 4) is 0 Å². The molecule has 108 valence electrons. The van der Waals surface area contributed by atoms with Gasteiger partial charge in [-0.05, 0) is 12.1 Å². The molecule has 1 fully saturated rings. The van der Waals surface area contributed by atoms with Crippen LogP contribution in [-0.4, -0.2) is 44.9 Å². The molecule has 0 radical (unpaired) electrons. The van der Waals surface area contributed by atoms with Crippen LogP contribution in [-0.2, 0) is 9.59 Å². The van der Waals surface area contributed by atoms with Gasteiger partial charge in [-0.3, -0.25) is 19.4 Å². The number of hydrogen-bond acceptors (Lipinski definition) is 5. The number of carbonyl (C=O) groups excluding carboxylic acids is 2. The molecule has 21 heavy (non-hydrogen) atoms. The molecule has 0 bridgehead atoms. The summed E-state index contributed by atoms with van der Waals surface area (Å²) in [4.78, 5) is 41.4. The van der Waals surface area contributed by atoms with Crippen molar-refractivity contribution in [2.75, 3.05) is 12.3 Å². The Labute approximate surface area is 124 Å². The molecule has 0 unspecified atom stereocenters. The molecule has 3 heterocycles. The third-order valence-corrected chi connectivity index (χ3v) is 4.59. The van der Waals surface area contributed by atoms with Crippen LogP contribution in [0, 0.1) is 5.92 Å². The Morgan fingerprint density at radius 3 is 2.95 bits per heavy atom. The van der Waals surface area contributed by atoms with Crippen LogP contribution in [0.15, 0.2) is 35.1 Å². The number of hydrogen-bond donors (Lipinski definition) is 1. The molecule has 2 aliphatic heterocycles. The molecule has 7 heteroatoms. The van der Waals surface area contributed by atoms with E-state index in [1.165, 1.54) is 22.9 Å². The zero-order valence-electron chi connectivity index (χ0n) is 11.0. The average molecular weight is 304 g/mol. The summed E-state index contributed by atoms with van der Waals surface area (Å²) >= 11 is 1.43. The number of ketones is 1. The number of carboxylic acid groups (broad SMARTS) is 1. The summed E-state index contributed by atoms with van der Waals surface area (Å²) in [5.41, 5.74) is 0.676. The van der Waals surface area contributed by atoms with Gasteiger partial charge in [0.2, 0.25) is 5.91 Å². The number of fused-ring (bicyclic) bond motifs is 1. The topological polar surface area (TPSA) is 87.6 Å². The first-order chi connectivity index (χ1) is 10.1. The fraction of sp³-hybridized carbons (Fsp3) is 0.286. The van der Waals surface area contributed by atoms with Crippen LogP contribution in [0.4, 0.5) is 0 Å². The van der Waals surface area contributed by atoms with Crippen molar-refractivity contribution in [1.29, 1.82) is 0 Å². The van der Waals surface area contributed by atoms with Crippen LogP contribution in [0.3, 0.4) is 0 Å². The molecule has 1 saturated heterocycles. The van der Waals surface area contributed by atoms with E-state index in [1.54, 1.807) is 18.3 Å². The standard InChI is InChI=1S/C14H12N2O4S/c17-10(18)6-9-11(12(19)8-2-1-3-15-7-8)14-16(13(9)20)4-5-21-14/h1-3,7,9H,4-6H2,(H,17,18)/t9-/m0/s1. The van der Waals surface area contributed by atoms with Gasteiger partial charge in [0, 0.05) is 35.8 Å². The largest absolute Gasteiger partial charge is 0.481 e. The lowest BCUT2D eigenvalue weighted by Crippen LogP contribution is -2.29. The van der Waals surface area contributed by atoms with E-state index in [1.807, 2.05) is 0 Å². The molecule has 2 aliphatic rings. The Hall–Kier alpha value is -2.15. The number of carboxylic acids is 1. The molecule has 1 N–H and O–H groups in total. The third-order valence-electron chi connectivity index (χ3n) is 3.49. The predicted octanol–water partition coefficient (Wildman–Crippen LogP) is 1.16. The molecule has 0 aromatic carbocycles. The van der Waals surface area contributed by atoms with Crippen LogP contribution in [0.1, 0.15) is 16.8 Å². The van der Waals surface area contributed by atoms with Crippen molar-refractivity contribution >= 4 is 29.4 Å². The number of aromatic nitrogens is 1. The maximum Gasteiger partial charge on any atom is 0.304 e. The minimum Gasteiger partial charge on any atom is -0.481 e. The van der Waals surface area contributed by atoms with Crippen molar-refractivity contribution in [1.82, 2.24) is 9.88 Å². The molecule has 3 rings (SSSR count). The second-order valence-corrected chi connectivity index (χ2v) is 5.86. The van der Waals surface area contributed by atoms with Gasteiger partial charge in [0.1, 0.15) is 0 Å². The zero-order chi connectivity index (χ0) is 15.0. The second kappa shape index (κ2) is 5.33. The quantitative estimate of drug-likeness (QED) is 0.840. The lowest BCUT2D eigenvalue weighted by Gasteiger charge is -2.12.